The van der Waals surface area contributed by atoms with E-state index in [1.165, 1.54) is 6.08 Å². The van der Waals surface area contributed by atoms with Crippen LogP contribution in [0.15, 0.2) is 60.7 Å². The standard InChI is InChI=1S/C19H15ClN2O/c1-13-11-15(7-9-17(13)20)19(23)10-8-16-12-18(22-21-16)14-5-3-2-4-6-14/h2-12H,1H3,(H,21,22)/b10-8+. The van der Waals surface area contributed by atoms with Crippen LogP contribution in [-0.2, 0) is 0 Å². The van der Waals surface area contributed by atoms with E-state index in [4.69, 9.17) is 11.6 Å². The number of ketones is 1. The third-order valence-corrected chi connectivity index (χ3v) is 3.95. The highest BCUT2D eigenvalue weighted by Crippen LogP contribution is 2.19. The van der Waals surface area contributed by atoms with Gasteiger partial charge in [0.05, 0.1) is 11.4 Å². The minimum absolute atomic E-state index is 0.0689. The Balaban J connectivity index is 1.76. The highest BCUT2D eigenvalue weighted by atomic mass is 35.5. The van der Waals surface area contributed by atoms with E-state index in [1.807, 2.05) is 43.3 Å². The van der Waals surface area contributed by atoms with E-state index in [0.717, 1.165) is 22.5 Å². The first-order chi connectivity index (χ1) is 11.1. The zero-order valence-electron chi connectivity index (χ0n) is 12.6. The number of carbonyl (C=O) groups is 1. The van der Waals surface area contributed by atoms with Crippen molar-refractivity contribution in [2.24, 2.45) is 0 Å². The van der Waals surface area contributed by atoms with Crippen LogP contribution in [0.25, 0.3) is 17.3 Å². The summed E-state index contributed by atoms with van der Waals surface area (Å²) in [6.07, 6.45) is 3.26. The highest BCUT2D eigenvalue weighted by Gasteiger charge is 2.05. The number of benzene rings is 2. The predicted molar refractivity (Wildman–Crippen MR) is 93.6 cm³/mol. The number of aryl methyl sites for hydroxylation is 1. The van der Waals surface area contributed by atoms with Gasteiger partial charge < -0.3 is 0 Å². The molecule has 2 aromatic carbocycles. The topological polar surface area (TPSA) is 45.8 Å². The Morgan fingerprint density at radius 2 is 1.91 bits per heavy atom. The molecule has 0 unspecified atom stereocenters. The van der Waals surface area contributed by atoms with Gasteiger partial charge in [0.15, 0.2) is 5.78 Å². The molecule has 23 heavy (non-hydrogen) atoms. The Labute approximate surface area is 139 Å². The first-order valence-corrected chi connectivity index (χ1v) is 7.61. The summed E-state index contributed by atoms with van der Waals surface area (Å²) >= 11 is 5.98. The maximum Gasteiger partial charge on any atom is 0.185 e. The lowest BCUT2D eigenvalue weighted by atomic mass is 10.1. The van der Waals surface area contributed by atoms with Crippen LogP contribution in [0, 0.1) is 6.92 Å². The normalized spacial score (nSPS) is 11.0. The van der Waals surface area contributed by atoms with Gasteiger partial charge in [-0.25, -0.2) is 0 Å². The molecule has 3 aromatic rings. The third-order valence-electron chi connectivity index (χ3n) is 3.52. The fourth-order valence-corrected chi connectivity index (χ4v) is 2.36. The first-order valence-electron chi connectivity index (χ1n) is 7.23. The van der Waals surface area contributed by atoms with Gasteiger partial charge in [0, 0.05) is 16.1 Å². The van der Waals surface area contributed by atoms with Crippen molar-refractivity contribution >= 4 is 23.5 Å². The second kappa shape index (κ2) is 6.63. The zero-order chi connectivity index (χ0) is 16.2. The lowest BCUT2D eigenvalue weighted by Crippen LogP contribution is -1.94. The maximum absolute atomic E-state index is 12.2. The molecule has 114 valence electrons. The first kappa shape index (κ1) is 15.3. The molecule has 0 radical (unpaired) electrons. The number of rotatable bonds is 4. The molecule has 0 aliphatic rings. The quantitative estimate of drug-likeness (QED) is 0.546. The Morgan fingerprint density at radius 3 is 2.65 bits per heavy atom. The van der Waals surface area contributed by atoms with Gasteiger partial charge in [0.2, 0.25) is 0 Å². The monoisotopic (exact) mass is 322 g/mol. The van der Waals surface area contributed by atoms with Crippen molar-refractivity contribution in [2.75, 3.05) is 0 Å². The van der Waals surface area contributed by atoms with Crippen molar-refractivity contribution in [3.63, 3.8) is 0 Å². The van der Waals surface area contributed by atoms with Crippen LogP contribution in [0.1, 0.15) is 21.6 Å². The number of aromatic amines is 1. The summed E-state index contributed by atoms with van der Waals surface area (Å²) in [6.45, 7) is 1.88. The van der Waals surface area contributed by atoms with Crippen molar-refractivity contribution in [3.05, 3.63) is 82.5 Å². The maximum atomic E-state index is 12.2. The average Bonchev–Trinajstić information content (AvgIpc) is 3.05. The van der Waals surface area contributed by atoms with Crippen molar-refractivity contribution in [1.29, 1.82) is 0 Å². The number of carbonyl (C=O) groups excluding carboxylic acids is 1. The second-order valence-corrected chi connectivity index (χ2v) is 5.64. The summed E-state index contributed by atoms with van der Waals surface area (Å²) in [5.41, 5.74) is 4.16. The average molecular weight is 323 g/mol. The Morgan fingerprint density at radius 1 is 1.13 bits per heavy atom. The SMILES string of the molecule is Cc1cc(C(=O)/C=C/c2cc(-c3ccccc3)n[nH]2)ccc1Cl. The summed E-state index contributed by atoms with van der Waals surface area (Å²) in [5, 5.41) is 7.84. The number of allylic oxidation sites excluding steroid dienone is 1. The summed E-state index contributed by atoms with van der Waals surface area (Å²) < 4.78 is 0. The lowest BCUT2D eigenvalue weighted by molar-refractivity contribution is 0.104. The van der Waals surface area contributed by atoms with Gasteiger partial charge in [-0.15, -0.1) is 0 Å². The minimum Gasteiger partial charge on any atom is -0.289 e. The lowest BCUT2D eigenvalue weighted by Gasteiger charge is -2.00. The molecule has 4 heteroatoms. The molecule has 0 atom stereocenters. The van der Waals surface area contributed by atoms with E-state index >= 15 is 0 Å². The van der Waals surface area contributed by atoms with E-state index in [2.05, 4.69) is 10.2 Å². The number of aromatic nitrogens is 2. The van der Waals surface area contributed by atoms with Gasteiger partial charge in [-0.05, 0) is 48.9 Å². The van der Waals surface area contributed by atoms with Gasteiger partial charge in [-0.1, -0.05) is 41.9 Å². The van der Waals surface area contributed by atoms with E-state index in [-0.39, 0.29) is 5.78 Å². The second-order valence-electron chi connectivity index (χ2n) is 5.24. The fourth-order valence-electron chi connectivity index (χ4n) is 2.24. The summed E-state index contributed by atoms with van der Waals surface area (Å²) in [5.74, 6) is -0.0689. The van der Waals surface area contributed by atoms with E-state index < -0.39 is 0 Å². The number of halogens is 1. The van der Waals surface area contributed by atoms with Crippen LogP contribution in [0.3, 0.4) is 0 Å². The molecular formula is C19H15ClN2O. The van der Waals surface area contributed by atoms with Crippen molar-refractivity contribution in [1.82, 2.24) is 10.2 Å². The Hall–Kier alpha value is -2.65. The number of hydrogen-bond acceptors (Lipinski definition) is 2. The molecule has 1 heterocycles. The summed E-state index contributed by atoms with van der Waals surface area (Å²) in [4.78, 5) is 12.2. The molecule has 0 aliphatic heterocycles. The smallest absolute Gasteiger partial charge is 0.185 e. The van der Waals surface area contributed by atoms with Crippen LogP contribution in [-0.4, -0.2) is 16.0 Å². The van der Waals surface area contributed by atoms with Crippen molar-refractivity contribution in [3.8, 4) is 11.3 Å². The third kappa shape index (κ3) is 3.58. The summed E-state index contributed by atoms with van der Waals surface area (Å²) in [6, 6.07) is 17.0. The van der Waals surface area contributed by atoms with Gasteiger partial charge in [0.1, 0.15) is 0 Å². The zero-order valence-corrected chi connectivity index (χ0v) is 13.3. The van der Waals surface area contributed by atoms with Crippen LogP contribution >= 0.6 is 11.6 Å². The number of nitrogens with one attached hydrogen (secondary N) is 1. The Bertz CT molecular complexity index is 866. The Kier molecular flexibility index (Phi) is 4.40. The van der Waals surface area contributed by atoms with Crippen molar-refractivity contribution < 1.29 is 4.79 Å². The van der Waals surface area contributed by atoms with Gasteiger partial charge >= 0.3 is 0 Å². The van der Waals surface area contributed by atoms with E-state index in [0.29, 0.717) is 10.6 Å². The van der Waals surface area contributed by atoms with Crippen LogP contribution in [0.4, 0.5) is 0 Å². The van der Waals surface area contributed by atoms with Gasteiger partial charge in [0.25, 0.3) is 0 Å². The number of H-pyrrole nitrogens is 1. The molecule has 0 bridgehead atoms. The van der Waals surface area contributed by atoms with Gasteiger partial charge in [-0.3, -0.25) is 9.89 Å². The minimum atomic E-state index is -0.0689. The van der Waals surface area contributed by atoms with E-state index in [1.54, 1.807) is 24.3 Å². The van der Waals surface area contributed by atoms with Crippen LogP contribution in [0.2, 0.25) is 5.02 Å². The van der Waals surface area contributed by atoms with E-state index in [9.17, 15) is 4.79 Å². The van der Waals surface area contributed by atoms with Crippen molar-refractivity contribution in [2.45, 2.75) is 6.92 Å². The summed E-state index contributed by atoms with van der Waals surface area (Å²) in [7, 11) is 0. The molecule has 0 fully saturated rings. The van der Waals surface area contributed by atoms with Crippen LogP contribution < -0.4 is 0 Å². The largest absolute Gasteiger partial charge is 0.289 e. The predicted octanol–water partition coefficient (Wildman–Crippen LogP) is 4.93. The molecule has 3 rings (SSSR count). The number of nitrogens with zero attached hydrogens (tertiary/aromatic N) is 1. The molecular weight excluding hydrogens is 308 g/mol. The molecule has 0 aliphatic carbocycles. The molecule has 1 N–H and O–H groups in total. The van der Waals surface area contributed by atoms with Gasteiger partial charge in [-0.2, -0.15) is 5.10 Å². The number of hydrogen-bond donors (Lipinski definition) is 1. The van der Waals surface area contributed by atoms with Crippen LogP contribution in [0.5, 0.6) is 0 Å². The molecule has 0 saturated carbocycles. The molecule has 0 spiro atoms. The molecule has 1 aromatic heterocycles. The molecule has 3 nitrogen and oxygen atoms in total. The molecule has 0 amide bonds. The fraction of sp³-hybridized carbons (Fsp3) is 0.0526. The highest BCUT2D eigenvalue weighted by molar-refractivity contribution is 6.31. The molecule has 0 saturated heterocycles.